The molecule has 0 saturated heterocycles. The fourth-order valence-electron chi connectivity index (χ4n) is 4.62. The van der Waals surface area contributed by atoms with Gasteiger partial charge >= 0.3 is 0 Å². The molecule has 6 aromatic rings. The molecule has 0 spiro atoms. The van der Waals surface area contributed by atoms with Crippen molar-refractivity contribution in [2.24, 2.45) is 0 Å². The Labute approximate surface area is 189 Å². The van der Waals surface area contributed by atoms with E-state index in [4.69, 9.17) is 9.97 Å². The van der Waals surface area contributed by atoms with E-state index in [1.807, 2.05) is 22.7 Å². The lowest BCUT2D eigenvalue weighted by Crippen LogP contribution is -2.12. The Kier molecular flexibility index (Phi) is 4.02. The van der Waals surface area contributed by atoms with Gasteiger partial charge in [0.2, 0.25) is 0 Å². The molecule has 0 atom stereocenters. The van der Waals surface area contributed by atoms with Gasteiger partial charge in [0.25, 0.3) is 0 Å². The molecule has 0 amide bonds. The number of nitrogens with zero attached hydrogens (tertiary/aromatic N) is 2. The van der Waals surface area contributed by atoms with Gasteiger partial charge in [-0.1, -0.05) is 45.0 Å². The minimum atomic E-state index is 0.0435. The highest BCUT2D eigenvalue weighted by Gasteiger charge is 2.21. The summed E-state index contributed by atoms with van der Waals surface area (Å²) in [6.07, 6.45) is 1.73. The molecule has 0 fully saturated rings. The molecule has 0 radical (unpaired) electrons. The third-order valence-corrected chi connectivity index (χ3v) is 8.30. The largest absolute Gasteiger partial charge is 0.235 e. The van der Waals surface area contributed by atoms with E-state index in [1.54, 1.807) is 6.33 Å². The summed E-state index contributed by atoms with van der Waals surface area (Å²) in [4.78, 5) is 9.56. The third-order valence-electron chi connectivity index (χ3n) is 6.08. The SMILES string of the molecule is Cc1csc2ccc3sc4c(-c5cc(C(C)(C)C)c6ccccc6c5)ncnc4c3c12. The highest BCUT2D eigenvalue weighted by molar-refractivity contribution is 7.26. The van der Waals surface area contributed by atoms with Crippen LogP contribution in [0, 0.1) is 6.92 Å². The molecule has 2 nitrogen and oxygen atoms in total. The maximum atomic E-state index is 4.79. The maximum Gasteiger partial charge on any atom is 0.116 e. The first kappa shape index (κ1) is 18.9. The van der Waals surface area contributed by atoms with Crippen molar-refractivity contribution >= 4 is 63.8 Å². The molecular formula is C27H22N2S2. The first-order chi connectivity index (χ1) is 14.9. The predicted octanol–water partition coefficient (Wildman–Crippen LogP) is 8.49. The van der Waals surface area contributed by atoms with Crippen molar-refractivity contribution in [1.82, 2.24) is 9.97 Å². The number of thiophene rings is 2. The number of fused-ring (bicyclic) bond motifs is 6. The van der Waals surface area contributed by atoms with Gasteiger partial charge in [-0.3, -0.25) is 0 Å². The van der Waals surface area contributed by atoms with Crippen molar-refractivity contribution in [3.05, 3.63) is 71.4 Å². The van der Waals surface area contributed by atoms with Gasteiger partial charge in [-0.15, -0.1) is 22.7 Å². The quantitative estimate of drug-likeness (QED) is 0.257. The molecule has 0 saturated carbocycles. The maximum absolute atomic E-state index is 4.79. The molecule has 152 valence electrons. The molecule has 0 unspecified atom stereocenters. The summed E-state index contributed by atoms with van der Waals surface area (Å²) in [6, 6.07) is 17.8. The lowest BCUT2D eigenvalue weighted by Gasteiger charge is -2.22. The Bertz CT molecular complexity index is 1630. The highest BCUT2D eigenvalue weighted by Crippen LogP contribution is 2.44. The van der Waals surface area contributed by atoms with Crippen LogP contribution in [0.5, 0.6) is 0 Å². The number of benzene rings is 3. The Morgan fingerprint density at radius 3 is 2.52 bits per heavy atom. The number of aryl methyl sites for hydroxylation is 1. The second-order valence-electron chi connectivity index (χ2n) is 9.23. The Morgan fingerprint density at radius 2 is 1.68 bits per heavy atom. The average Bonchev–Trinajstić information content (AvgIpc) is 3.32. The lowest BCUT2D eigenvalue weighted by molar-refractivity contribution is 0.596. The van der Waals surface area contributed by atoms with Crippen LogP contribution >= 0.6 is 22.7 Å². The molecule has 0 aliphatic carbocycles. The highest BCUT2D eigenvalue weighted by atomic mass is 32.1. The van der Waals surface area contributed by atoms with Crippen LogP contribution in [0.4, 0.5) is 0 Å². The van der Waals surface area contributed by atoms with Gasteiger partial charge in [-0.2, -0.15) is 0 Å². The summed E-state index contributed by atoms with van der Waals surface area (Å²) in [5.41, 5.74) is 5.99. The summed E-state index contributed by atoms with van der Waals surface area (Å²) in [5.74, 6) is 0. The molecule has 3 heterocycles. The van der Waals surface area contributed by atoms with Gasteiger partial charge in [-0.05, 0) is 63.9 Å². The molecule has 0 bridgehead atoms. The molecule has 31 heavy (non-hydrogen) atoms. The zero-order valence-electron chi connectivity index (χ0n) is 18.0. The predicted molar refractivity (Wildman–Crippen MR) is 137 cm³/mol. The zero-order chi connectivity index (χ0) is 21.3. The molecule has 4 heteroatoms. The van der Waals surface area contributed by atoms with Gasteiger partial charge in [0.15, 0.2) is 0 Å². The van der Waals surface area contributed by atoms with E-state index in [2.05, 4.69) is 81.6 Å². The van der Waals surface area contributed by atoms with Crippen LogP contribution in [-0.4, -0.2) is 9.97 Å². The van der Waals surface area contributed by atoms with Crippen molar-refractivity contribution in [1.29, 1.82) is 0 Å². The minimum Gasteiger partial charge on any atom is -0.235 e. The zero-order valence-corrected chi connectivity index (χ0v) is 19.6. The summed E-state index contributed by atoms with van der Waals surface area (Å²) in [6.45, 7) is 9.04. The molecule has 0 N–H and O–H groups in total. The Morgan fingerprint density at radius 1 is 0.871 bits per heavy atom. The second-order valence-corrected chi connectivity index (χ2v) is 11.2. The van der Waals surface area contributed by atoms with Crippen LogP contribution in [0.1, 0.15) is 31.9 Å². The second kappa shape index (κ2) is 6.59. The van der Waals surface area contributed by atoms with Crippen molar-refractivity contribution in [2.45, 2.75) is 33.1 Å². The number of aromatic nitrogens is 2. The number of rotatable bonds is 1. The number of hydrogen-bond donors (Lipinski definition) is 0. The fourth-order valence-corrected chi connectivity index (χ4v) is 6.74. The van der Waals surface area contributed by atoms with E-state index in [0.29, 0.717) is 0 Å². The van der Waals surface area contributed by atoms with Crippen molar-refractivity contribution in [3.63, 3.8) is 0 Å². The summed E-state index contributed by atoms with van der Waals surface area (Å²) >= 11 is 3.62. The average molecular weight is 439 g/mol. The van der Waals surface area contributed by atoms with Gasteiger partial charge < -0.3 is 0 Å². The van der Waals surface area contributed by atoms with Crippen LogP contribution in [0.15, 0.2) is 60.2 Å². The first-order valence-electron chi connectivity index (χ1n) is 10.5. The Hall–Kier alpha value is -2.82. The lowest BCUT2D eigenvalue weighted by atomic mass is 9.82. The van der Waals surface area contributed by atoms with Crippen LogP contribution < -0.4 is 0 Å². The molecule has 0 aliphatic rings. The van der Waals surface area contributed by atoms with Crippen LogP contribution in [0.2, 0.25) is 0 Å². The van der Waals surface area contributed by atoms with Crippen molar-refractivity contribution in [2.75, 3.05) is 0 Å². The minimum absolute atomic E-state index is 0.0435. The Balaban J connectivity index is 1.72. The topological polar surface area (TPSA) is 25.8 Å². The standard InChI is InChI=1S/C27H22N2S2/c1-15-13-30-20-9-10-21-23(22(15)20)25-26(31-21)24(28-14-29-25)17-11-16-7-5-6-8-18(16)19(12-17)27(2,3)4/h5-14H,1-4H3. The smallest absolute Gasteiger partial charge is 0.116 e. The van der Waals surface area contributed by atoms with E-state index in [1.165, 1.54) is 52.3 Å². The monoisotopic (exact) mass is 438 g/mol. The van der Waals surface area contributed by atoms with Crippen molar-refractivity contribution in [3.8, 4) is 11.3 Å². The van der Waals surface area contributed by atoms with E-state index < -0.39 is 0 Å². The van der Waals surface area contributed by atoms with Crippen molar-refractivity contribution < 1.29 is 0 Å². The van der Waals surface area contributed by atoms with Crippen LogP contribution in [0.3, 0.4) is 0 Å². The number of hydrogen-bond acceptors (Lipinski definition) is 4. The van der Waals surface area contributed by atoms with Crippen LogP contribution in [-0.2, 0) is 5.41 Å². The summed E-state index contributed by atoms with van der Waals surface area (Å²) in [5, 5.41) is 7.43. The first-order valence-corrected chi connectivity index (χ1v) is 12.2. The van der Waals surface area contributed by atoms with Gasteiger partial charge in [0.05, 0.1) is 15.9 Å². The molecule has 3 aromatic carbocycles. The molecule has 3 aromatic heterocycles. The molecule has 0 aliphatic heterocycles. The molecule has 6 rings (SSSR count). The van der Waals surface area contributed by atoms with E-state index >= 15 is 0 Å². The van der Waals surface area contributed by atoms with E-state index in [0.717, 1.165) is 11.2 Å². The van der Waals surface area contributed by atoms with Gasteiger partial charge in [-0.25, -0.2) is 9.97 Å². The van der Waals surface area contributed by atoms with E-state index in [9.17, 15) is 0 Å². The normalized spacial score (nSPS) is 12.5. The van der Waals surface area contributed by atoms with Gasteiger partial charge in [0, 0.05) is 25.7 Å². The fraction of sp³-hybridized carbons (Fsp3) is 0.185. The summed E-state index contributed by atoms with van der Waals surface area (Å²) < 4.78 is 3.78. The van der Waals surface area contributed by atoms with E-state index in [-0.39, 0.29) is 5.41 Å². The molecular weight excluding hydrogens is 416 g/mol. The summed E-state index contributed by atoms with van der Waals surface area (Å²) in [7, 11) is 0. The third kappa shape index (κ3) is 2.82. The van der Waals surface area contributed by atoms with Gasteiger partial charge in [0.1, 0.15) is 6.33 Å². The van der Waals surface area contributed by atoms with Crippen LogP contribution in [0.25, 0.3) is 52.4 Å².